The third-order valence-electron chi connectivity index (χ3n) is 20.7. The van der Waals surface area contributed by atoms with Crippen molar-refractivity contribution in [2.45, 2.75) is 167 Å². The van der Waals surface area contributed by atoms with Crippen LogP contribution >= 0.6 is 11.6 Å². The van der Waals surface area contributed by atoms with Gasteiger partial charge in [0.05, 0.1) is 0 Å². The first-order chi connectivity index (χ1) is 39.8. The Bertz CT molecular complexity index is 4160. The van der Waals surface area contributed by atoms with Crippen LogP contribution in [0.1, 0.15) is 190 Å². The maximum Gasteiger partial charge on any atom is 0.144 e. The zero-order valence-corrected chi connectivity index (χ0v) is 50.5. The molecule has 1 aromatic heterocycles. The van der Waals surface area contributed by atoms with Gasteiger partial charge in [-0.3, -0.25) is 0 Å². The van der Waals surface area contributed by atoms with Gasteiger partial charge in [0.1, 0.15) is 11.2 Å². The van der Waals surface area contributed by atoms with E-state index in [1.807, 2.05) is 6.07 Å². The average molecular weight is 1090 g/mol. The minimum absolute atomic E-state index is 0.0649. The molecule has 1 heterocycles. The molecular weight excluding hydrogens is 1010 g/mol. The summed E-state index contributed by atoms with van der Waals surface area (Å²) in [5.41, 5.74) is 31.0. The van der Waals surface area contributed by atoms with Crippen LogP contribution in [-0.2, 0) is 21.7 Å². The molecule has 0 radical (unpaired) electrons. The number of hydrogen-bond donors (Lipinski definition) is 0. The third kappa shape index (κ3) is 8.13. The first-order valence-corrected chi connectivity index (χ1v) is 31.8. The topological polar surface area (TPSA) is 13.1 Å². The van der Waals surface area contributed by atoms with Gasteiger partial charge in [-0.15, -0.1) is 0 Å². The van der Waals surface area contributed by atoms with Crippen LogP contribution in [-0.4, -0.2) is 0 Å². The predicted molar refractivity (Wildman–Crippen MR) is 350 cm³/mol. The lowest BCUT2D eigenvalue weighted by Crippen LogP contribution is -2.25. The molecule has 82 heavy (non-hydrogen) atoms. The van der Waals surface area contributed by atoms with Gasteiger partial charge in [-0.05, 0) is 172 Å². The van der Waals surface area contributed by atoms with E-state index < -0.39 is 0 Å². The Hall–Kier alpha value is -6.93. The molecule has 4 aliphatic carbocycles. The summed E-state index contributed by atoms with van der Waals surface area (Å²) < 4.78 is 6.93. The normalized spacial score (nSPS) is 15.7. The van der Waals surface area contributed by atoms with E-state index in [2.05, 4.69) is 213 Å². The van der Waals surface area contributed by atoms with Crippen molar-refractivity contribution in [3.63, 3.8) is 0 Å². The zero-order valence-electron chi connectivity index (χ0n) is 49.8. The van der Waals surface area contributed by atoms with Crippen molar-refractivity contribution in [3.8, 4) is 77.9 Å². The predicted octanol–water partition coefficient (Wildman–Crippen LogP) is 23.9. The van der Waals surface area contributed by atoms with E-state index in [-0.39, 0.29) is 21.7 Å². The van der Waals surface area contributed by atoms with Crippen LogP contribution in [0.15, 0.2) is 168 Å². The van der Waals surface area contributed by atoms with Gasteiger partial charge in [0.15, 0.2) is 0 Å². The molecule has 1 nitrogen and oxygen atoms in total. The first-order valence-electron chi connectivity index (χ1n) is 31.4. The molecule has 0 bridgehead atoms. The van der Waals surface area contributed by atoms with Gasteiger partial charge >= 0.3 is 0 Å². The summed E-state index contributed by atoms with van der Waals surface area (Å²) in [4.78, 5) is 0. The van der Waals surface area contributed by atoms with Gasteiger partial charge in [-0.2, -0.15) is 0 Å². The quantitative estimate of drug-likeness (QED) is 0.0829. The van der Waals surface area contributed by atoms with Crippen molar-refractivity contribution in [1.29, 1.82) is 0 Å². The standard InChI is InChI=1S/C80H79ClO/c1-9-11-13-15-17-23-43-80(44-24-18-16-14-12-10-2)64-27-21-19-25-57(64)60-40-35-55(48-69(60)80)54-34-39-59-58-38-33-52(45-65(58)77(3,4)66(59)47-54)50-29-31-51(32-30-50)53-36-41-61-67(46-53)78(5,6)74-71(61)72-63-26-20-22-28-70(63)82-76(72)73-62-42-37-56(81)49-68(62)79(7,8)75(73)74/h19-22,25-42,45-49H,9-18,23-24,43-44H2,1-8H3. The monoisotopic (exact) mass is 1090 g/mol. The van der Waals surface area contributed by atoms with Crippen LogP contribution in [0, 0.1) is 0 Å². The summed E-state index contributed by atoms with van der Waals surface area (Å²) >= 11 is 6.76. The summed E-state index contributed by atoms with van der Waals surface area (Å²) in [6, 6.07) is 63.1. The fourth-order valence-electron chi connectivity index (χ4n) is 16.4. The van der Waals surface area contributed by atoms with Gasteiger partial charge < -0.3 is 4.42 Å². The highest BCUT2D eigenvalue weighted by Crippen LogP contribution is 2.64. The highest BCUT2D eigenvalue weighted by atomic mass is 35.5. The van der Waals surface area contributed by atoms with Crippen molar-refractivity contribution < 1.29 is 4.42 Å². The van der Waals surface area contributed by atoms with Crippen molar-refractivity contribution in [2.24, 2.45) is 0 Å². The smallest absolute Gasteiger partial charge is 0.144 e. The van der Waals surface area contributed by atoms with Crippen LogP contribution in [0.2, 0.25) is 5.02 Å². The molecule has 0 unspecified atom stereocenters. The fourth-order valence-corrected chi connectivity index (χ4v) is 16.6. The molecule has 0 saturated heterocycles. The van der Waals surface area contributed by atoms with Crippen LogP contribution in [0.3, 0.4) is 0 Å². The molecule has 0 spiro atoms. The third-order valence-corrected chi connectivity index (χ3v) is 20.9. The number of furan rings is 1. The number of para-hydroxylation sites is 1. The molecular formula is C80H79ClO. The molecule has 0 saturated carbocycles. The minimum atomic E-state index is -0.271. The van der Waals surface area contributed by atoms with Crippen molar-refractivity contribution >= 4 is 33.5 Å². The highest BCUT2D eigenvalue weighted by molar-refractivity contribution is 6.31. The molecule has 0 aliphatic heterocycles. The number of hydrogen-bond acceptors (Lipinski definition) is 1. The van der Waals surface area contributed by atoms with E-state index in [1.165, 1.54) is 212 Å². The molecule has 0 fully saturated rings. The second-order valence-corrected chi connectivity index (χ2v) is 27.1. The number of rotatable bonds is 17. The summed E-state index contributed by atoms with van der Waals surface area (Å²) in [5.74, 6) is 0. The Labute approximate surface area is 493 Å². The van der Waals surface area contributed by atoms with Crippen LogP contribution in [0.4, 0.5) is 0 Å². The molecule has 9 aromatic carbocycles. The molecule has 0 amide bonds. The Morgan fingerprint density at radius 1 is 0.354 bits per heavy atom. The lowest BCUT2D eigenvalue weighted by atomic mass is 9.70. The SMILES string of the molecule is CCCCCCCCC1(CCCCCCCC)c2ccccc2-c2ccc(-c3ccc4c(c3)C(C)(C)c3cc(-c5ccc(-c6ccc7c(c6)C(C)(C)c6c8c(c9oc%10ccccc%10c9c6-7)-c6ccc(Cl)cc6C8(C)C)cc5)ccc3-4)cc21. The summed E-state index contributed by atoms with van der Waals surface area (Å²) in [7, 11) is 0. The van der Waals surface area contributed by atoms with Crippen LogP contribution < -0.4 is 0 Å². The summed E-state index contributed by atoms with van der Waals surface area (Å²) in [6.45, 7) is 19.2. The lowest BCUT2D eigenvalue weighted by Gasteiger charge is -2.33. The number of benzene rings is 9. The second-order valence-electron chi connectivity index (χ2n) is 26.6. The Morgan fingerprint density at radius 3 is 1.37 bits per heavy atom. The van der Waals surface area contributed by atoms with Crippen LogP contribution in [0.25, 0.3) is 99.8 Å². The summed E-state index contributed by atoms with van der Waals surface area (Å²) in [6.07, 6.45) is 18.4. The number of fused-ring (bicyclic) bond motifs is 18. The van der Waals surface area contributed by atoms with Gasteiger partial charge in [0, 0.05) is 43.0 Å². The maximum absolute atomic E-state index is 6.93. The second kappa shape index (κ2) is 20.2. The lowest BCUT2D eigenvalue weighted by molar-refractivity contribution is 0.398. The van der Waals surface area contributed by atoms with E-state index in [1.54, 1.807) is 11.1 Å². The molecule has 412 valence electrons. The molecule has 14 rings (SSSR count). The summed E-state index contributed by atoms with van der Waals surface area (Å²) in [5, 5.41) is 3.16. The van der Waals surface area contributed by atoms with Crippen molar-refractivity contribution in [2.75, 3.05) is 0 Å². The Morgan fingerprint density at radius 2 is 0.768 bits per heavy atom. The molecule has 10 aromatic rings. The molecule has 4 aliphatic rings. The van der Waals surface area contributed by atoms with Crippen LogP contribution in [0.5, 0.6) is 0 Å². The van der Waals surface area contributed by atoms with E-state index in [0.29, 0.717) is 0 Å². The first kappa shape index (κ1) is 53.1. The van der Waals surface area contributed by atoms with Gasteiger partial charge in [0.2, 0.25) is 0 Å². The molecule has 0 atom stereocenters. The Kier molecular flexibility index (Phi) is 13.1. The van der Waals surface area contributed by atoms with Gasteiger partial charge in [-0.1, -0.05) is 265 Å². The molecule has 2 heteroatoms. The van der Waals surface area contributed by atoms with E-state index in [0.717, 1.165) is 16.2 Å². The van der Waals surface area contributed by atoms with E-state index in [9.17, 15) is 0 Å². The van der Waals surface area contributed by atoms with E-state index in [4.69, 9.17) is 16.0 Å². The van der Waals surface area contributed by atoms with E-state index >= 15 is 0 Å². The largest absolute Gasteiger partial charge is 0.455 e. The fraction of sp³-hybridized carbons (Fsp3) is 0.325. The molecule has 0 N–H and O–H groups in total. The Balaban J connectivity index is 0.763. The zero-order chi connectivity index (χ0) is 56.3. The highest BCUT2D eigenvalue weighted by Gasteiger charge is 2.49. The maximum atomic E-state index is 6.93. The minimum Gasteiger partial charge on any atom is -0.455 e. The number of halogens is 1. The van der Waals surface area contributed by atoms with Gasteiger partial charge in [0.25, 0.3) is 0 Å². The van der Waals surface area contributed by atoms with Gasteiger partial charge in [-0.25, -0.2) is 0 Å². The van der Waals surface area contributed by atoms with Crippen molar-refractivity contribution in [3.05, 3.63) is 213 Å². The van der Waals surface area contributed by atoms with Crippen molar-refractivity contribution in [1.82, 2.24) is 0 Å². The number of unbranched alkanes of at least 4 members (excludes halogenated alkanes) is 10. The average Bonchev–Trinajstić information content (AvgIpc) is 2.75.